The zero-order valence-corrected chi connectivity index (χ0v) is 13.2. The molecule has 20 heavy (non-hydrogen) atoms. The third-order valence-electron chi connectivity index (χ3n) is 3.59. The molecule has 2 rings (SSSR count). The molecule has 5 heteroatoms. The Bertz CT molecular complexity index is 501. The Morgan fingerprint density at radius 3 is 2.75 bits per heavy atom. The Balaban J connectivity index is 2.35. The van der Waals surface area contributed by atoms with Gasteiger partial charge in [-0.15, -0.1) is 6.58 Å². The number of nitrogens with zero attached hydrogens (tertiary/aromatic N) is 1. The number of piperazine rings is 1. The molecule has 1 saturated heterocycles. The molecule has 0 aromatic heterocycles. The Kier molecular flexibility index (Phi) is 5.18. The van der Waals surface area contributed by atoms with Crippen LogP contribution in [0.15, 0.2) is 28.8 Å². The zero-order valence-electron chi connectivity index (χ0n) is 11.6. The van der Waals surface area contributed by atoms with E-state index in [1.54, 1.807) is 12.1 Å². The highest BCUT2D eigenvalue weighted by Gasteiger charge is 2.26. The van der Waals surface area contributed by atoms with Crippen LogP contribution in [0.5, 0.6) is 5.75 Å². The van der Waals surface area contributed by atoms with Gasteiger partial charge in [0.1, 0.15) is 0 Å². The van der Waals surface area contributed by atoms with Crippen molar-refractivity contribution in [2.75, 3.05) is 26.2 Å². The fourth-order valence-electron chi connectivity index (χ4n) is 2.58. The molecule has 0 radical (unpaired) electrons. The first-order valence-corrected chi connectivity index (χ1v) is 7.56. The summed E-state index contributed by atoms with van der Waals surface area (Å²) in [5, 5.41) is 13.4. The van der Waals surface area contributed by atoms with Crippen molar-refractivity contribution < 1.29 is 9.50 Å². The second kappa shape index (κ2) is 6.70. The van der Waals surface area contributed by atoms with Gasteiger partial charge < -0.3 is 10.4 Å². The number of rotatable bonds is 4. The minimum atomic E-state index is -0.593. The van der Waals surface area contributed by atoms with Crippen LogP contribution in [0.1, 0.15) is 24.9 Å². The van der Waals surface area contributed by atoms with Crippen molar-refractivity contribution in [3.05, 3.63) is 40.1 Å². The maximum absolute atomic E-state index is 13.9. The van der Waals surface area contributed by atoms with Crippen LogP contribution >= 0.6 is 15.9 Å². The number of benzene rings is 1. The number of phenolic OH excluding ortho intramolecular Hbond substituents is 1. The summed E-state index contributed by atoms with van der Waals surface area (Å²) in [7, 11) is 0. The van der Waals surface area contributed by atoms with Crippen molar-refractivity contribution in [3.8, 4) is 5.75 Å². The van der Waals surface area contributed by atoms with Crippen LogP contribution in [0, 0.1) is 5.82 Å². The molecule has 1 fully saturated rings. The first-order valence-electron chi connectivity index (χ1n) is 6.76. The van der Waals surface area contributed by atoms with E-state index < -0.39 is 5.82 Å². The van der Waals surface area contributed by atoms with Gasteiger partial charge in [-0.3, -0.25) is 4.90 Å². The van der Waals surface area contributed by atoms with Crippen LogP contribution in [0.25, 0.3) is 0 Å². The van der Waals surface area contributed by atoms with Gasteiger partial charge >= 0.3 is 0 Å². The van der Waals surface area contributed by atoms with E-state index in [1.165, 1.54) is 0 Å². The van der Waals surface area contributed by atoms with E-state index >= 15 is 0 Å². The highest BCUT2D eigenvalue weighted by Crippen LogP contribution is 2.37. The van der Waals surface area contributed by atoms with Crippen molar-refractivity contribution in [2.24, 2.45) is 0 Å². The van der Waals surface area contributed by atoms with Crippen molar-refractivity contribution in [2.45, 2.75) is 19.4 Å². The molecule has 0 spiro atoms. The lowest BCUT2D eigenvalue weighted by atomic mass is 9.97. The molecule has 110 valence electrons. The number of hydrogen-bond donors (Lipinski definition) is 2. The van der Waals surface area contributed by atoms with Crippen molar-refractivity contribution in [1.82, 2.24) is 10.2 Å². The highest BCUT2D eigenvalue weighted by molar-refractivity contribution is 9.10. The lowest BCUT2D eigenvalue weighted by Gasteiger charge is -2.35. The van der Waals surface area contributed by atoms with Gasteiger partial charge in [0.05, 0.1) is 4.47 Å². The van der Waals surface area contributed by atoms with Crippen LogP contribution in [-0.2, 0) is 0 Å². The van der Waals surface area contributed by atoms with E-state index in [1.807, 2.05) is 6.92 Å². The maximum Gasteiger partial charge on any atom is 0.179 e. The lowest BCUT2D eigenvalue weighted by molar-refractivity contribution is 0.169. The van der Waals surface area contributed by atoms with Gasteiger partial charge in [0.15, 0.2) is 11.6 Å². The summed E-state index contributed by atoms with van der Waals surface area (Å²) in [5.74, 6) is -0.853. The standard InChI is InChI=1S/C15H20BrFN2O/c1-10(2)9-13(19-7-5-18-6-8-19)11-3-4-12(16)14(17)15(11)20/h3-4,13,18,20H,1,5-9H2,2H3/t13-/m0/s1. The molecule has 0 saturated carbocycles. The van der Waals surface area contributed by atoms with Crippen LogP contribution in [0.4, 0.5) is 4.39 Å². The van der Waals surface area contributed by atoms with E-state index in [2.05, 4.69) is 32.7 Å². The molecule has 1 aromatic carbocycles. The molecule has 0 bridgehead atoms. The Labute approximate surface area is 127 Å². The molecule has 1 aromatic rings. The minimum Gasteiger partial charge on any atom is -0.505 e. The van der Waals surface area contributed by atoms with Gasteiger partial charge in [-0.05, 0) is 35.3 Å². The van der Waals surface area contributed by atoms with Crippen LogP contribution < -0.4 is 5.32 Å². The first kappa shape index (κ1) is 15.5. The topological polar surface area (TPSA) is 35.5 Å². The molecular weight excluding hydrogens is 323 g/mol. The van der Waals surface area contributed by atoms with Crippen LogP contribution in [0.3, 0.4) is 0 Å². The van der Waals surface area contributed by atoms with E-state index in [0.717, 1.165) is 31.8 Å². The third-order valence-corrected chi connectivity index (χ3v) is 4.21. The highest BCUT2D eigenvalue weighted by atomic mass is 79.9. The Morgan fingerprint density at radius 1 is 1.50 bits per heavy atom. The maximum atomic E-state index is 13.9. The summed E-state index contributed by atoms with van der Waals surface area (Å²) in [6.45, 7) is 9.50. The predicted octanol–water partition coefficient (Wildman–Crippen LogP) is 3.21. The van der Waals surface area contributed by atoms with Gasteiger partial charge in [-0.1, -0.05) is 11.6 Å². The summed E-state index contributed by atoms with van der Waals surface area (Å²) >= 11 is 3.10. The molecule has 2 N–H and O–H groups in total. The van der Waals surface area contributed by atoms with E-state index in [-0.39, 0.29) is 16.3 Å². The Morgan fingerprint density at radius 2 is 2.15 bits per heavy atom. The molecule has 1 heterocycles. The zero-order chi connectivity index (χ0) is 14.7. The predicted molar refractivity (Wildman–Crippen MR) is 82.4 cm³/mol. The number of nitrogens with one attached hydrogen (secondary N) is 1. The van der Waals surface area contributed by atoms with Crippen LogP contribution in [-0.4, -0.2) is 36.2 Å². The van der Waals surface area contributed by atoms with Gasteiger partial charge in [-0.25, -0.2) is 4.39 Å². The largest absolute Gasteiger partial charge is 0.505 e. The van der Waals surface area contributed by atoms with Gasteiger partial charge in [-0.2, -0.15) is 0 Å². The number of aromatic hydroxyl groups is 1. The van der Waals surface area contributed by atoms with E-state index in [9.17, 15) is 9.50 Å². The number of halogens is 2. The van der Waals surface area contributed by atoms with Crippen molar-refractivity contribution in [3.63, 3.8) is 0 Å². The average Bonchev–Trinajstić information content (AvgIpc) is 2.44. The second-order valence-electron chi connectivity index (χ2n) is 5.26. The van der Waals surface area contributed by atoms with Gasteiger partial charge in [0, 0.05) is 37.8 Å². The summed E-state index contributed by atoms with van der Waals surface area (Å²) in [5.41, 5.74) is 1.66. The minimum absolute atomic E-state index is 0.0304. The summed E-state index contributed by atoms with van der Waals surface area (Å²) in [4.78, 5) is 2.27. The molecular formula is C15H20BrFN2O. The van der Waals surface area contributed by atoms with Crippen LogP contribution in [0.2, 0.25) is 0 Å². The quantitative estimate of drug-likeness (QED) is 0.824. The monoisotopic (exact) mass is 342 g/mol. The average molecular weight is 343 g/mol. The summed E-state index contributed by atoms with van der Waals surface area (Å²) < 4.78 is 14.2. The molecule has 1 atom stereocenters. The SMILES string of the molecule is C=C(C)C[C@@H](c1ccc(Br)c(F)c1O)N1CCNCC1. The molecule has 0 aliphatic carbocycles. The lowest BCUT2D eigenvalue weighted by Crippen LogP contribution is -2.45. The summed E-state index contributed by atoms with van der Waals surface area (Å²) in [6.07, 6.45) is 0.717. The number of hydrogen-bond acceptors (Lipinski definition) is 3. The molecule has 0 amide bonds. The molecule has 1 aliphatic heterocycles. The van der Waals surface area contributed by atoms with Gasteiger partial charge in [0.25, 0.3) is 0 Å². The fourth-order valence-corrected chi connectivity index (χ4v) is 2.90. The molecule has 3 nitrogen and oxygen atoms in total. The third kappa shape index (κ3) is 3.40. The van der Waals surface area contributed by atoms with E-state index in [4.69, 9.17) is 0 Å². The fraction of sp³-hybridized carbons (Fsp3) is 0.467. The molecule has 1 aliphatic rings. The summed E-state index contributed by atoms with van der Waals surface area (Å²) in [6, 6.07) is 3.41. The van der Waals surface area contributed by atoms with Gasteiger partial charge in [0.2, 0.25) is 0 Å². The Hall–Kier alpha value is -0.910. The van der Waals surface area contributed by atoms with Crippen molar-refractivity contribution >= 4 is 15.9 Å². The second-order valence-corrected chi connectivity index (χ2v) is 6.12. The van der Waals surface area contributed by atoms with Crippen molar-refractivity contribution in [1.29, 1.82) is 0 Å². The normalized spacial score (nSPS) is 17.9. The van der Waals surface area contributed by atoms with E-state index in [0.29, 0.717) is 12.0 Å². The molecule has 0 unspecified atom stereocenters. The first-order chi connectivity index (χ1) is 9.50. The number of phenols is 1. The smallest absolute Gasteiger partial charge is 0.179 e.